The second kappa shape index (κ2) is 17.6. The van der Waals surface area contributed by atoms with Gasteiger partial charge in [0, 0.05) is 19.8 Å². The molecule has 1 aromatic heterocycles. The number of amides is 3. The zero-order chi connectivity index (χ0) is 34.6. The maximum Gasteiger partial charge on any atom is 0.318 e. The normalized spacial score (nSPS) is 14.2. The van der Waals surface area contributed by atoms with Crippen LogP contribution in [0.4, 0.5) is 4.79 Å². The van der Waals surface area contributed by atoms with E-state index in [1.54, 1.807) is 51.4 Å². The number of aliphatic hydroxyl groups excluding tert-OH is 1. The fourth-order valence-corrected chi connectivity index (χ4v) is 6.94. The Morgan fingerprint density at radius 3 is 2.13 bits per heavy atom. The number of carbonyl (C=O) groups is 2. The predicted octanol–water partition coefficient (Wildman–Crippen LogP) is 3.65. The van der Waals surface area contributed by atoms with Crippen LogP contribution in [0, 0.1) is 16.7 Å². The van der Waals surface area contributed by atoms with Crippen molar-refractivity contribution in [1.29, 1.82) is 0 Å². The van der Waals surface area contributed by atoms with Crippen LogP contribution in [0.2, 0.25) is 0 Å². The Labute approximate surface area is 277 Å². The van der Waals surface area contributed by atoms with Gasteiger partial charge in [-0.2, -0.15) is 4.91 Å². The number of sulfone groups is 1. The summed E-state index contributed by atoms with van der Waals surface area (Å²) in [5.41, 5.74) is 2.15. The lowest BCUT2D eigenvalue weighted by Gasteiger charge is -2.31. The molecular formula is C34H46N6O6S. The zero-order valence-electron chi connectivity index (χ0n) is 27.5. The van der Waals surface area contributed by atoms with E-state index in [0.717, 1.165) is 5.56 Å². The Morgan fingerprint density at radius 2 is 1.55 bits per heavy atom. The number of hydrogen-bond acceptors (Lipinski definition) is 9. The summed E-state index contributed by atoms with van der Waals surface area (Å²) < 4.78 is 27.2. The summed E-state index contributed by atoms with van der Waals surface area (Å²) >= 11 is 0. The van der Waals surface area contributed by atoms with Crippen molar-refractivity contribution in [1.82, 2.24) is 25.8 Å². The van der Waals surface area contributed by atoms with Crippen molar-refractivity contribution >= 4 is 21.8 Å². The zero-order valence-corrected chi connectivity index (χ0v) is 28.4. The van der Waals surface area contributed by atoms with E-state index < -0.39 is 45.3 Å². The van der Waals surface area contributed by atoms with Crippen LogP contribution in [0.5, 0.6) is 0 Å². The van der Waals surface area contributed by atoms with E-state index in [4.69, 9.17) is 0 Å². The Kier molecular flexibility index (Phi) is 14.0. The number of aliphatic hydroxyl groups is 1. The number of urea groups is 1. The molecule has 13 heteroatoms. The summed E-state index contributed by atoms with van der Waals surface area (Å²) in [6.45, 7) is 7.20. The van der Waals surface area contributed by atoms with E-state index in [1.165, 1.54) is 17.0 Å². The molecule has 1 unspecified atom stereocenters. The Morgan fingerprint density at radius 1 is 0.894 bits per heavy atom. The molecule has 0 aliphatic rings. The molecule has 0 saturated carbocycles. The second-order valence-electron chi connectivity index (χ2n) is 12.3. The summed E-state index contributed by atoms with van der Waals surface area (Å²) in [5, 5.41) is 22.0. The molecule has 0 bridgehead atoms. The first-order valence-electron chi connectivity index (χ1n) is 15.6. The summed E-state index contributed by atoms with van der Waals surface area (Å²) in [6.07, 6.45) is 0.717. The monoisotopic (exact) mass is 666 g/mol. The summed E-state index contributed by atoms with van der Waals surface area (Å²) in [6, 6.07) is 18.5. The average Bonchev–Trinajstić information content (AvgIpc) is 3.04. The van der Waals surface area contributed by atoms with Gasteiger partial charge >= 0.3 is 6.03 Å². The fourth-order valence-electron chi connectivity index (χ4n) is 5.10. The highest BCUT2D eigenvalue weighted by Gasteiger charge is 2.33. The lowest BCUT2D eigenvalue weighted by molar-refractivity contribution is -0.125. The Balaban J connectivity index is 1.76. The molecule has 3 aromatic rings. The molecule has 4 atom stereocenters. The standard InChI is InChI=1S/C34H46N6O6S/c1-23(2)31(39-34(43)40(5)22-27-13-9-10-18-35-27)32(42)38-29(19-25-11-7-6-8-12-25)30(41)21-36-33(24(3)4)47(45,46)28-16-14-26(15-17-28)20-37-44/h6-18,23-24,29-31,33,36,41H,19-22H2,1-5H3,(H,38,42)(H,39,43)/t29-,30+,31-,33?/m0/s1. The van der Waals surface area contributed by atoms with E-state index in [2.05, 4.69) is 26.1 Å². The maximum absolute atomic E-state index is 13.7. The van der Waals surface area contributed by atoms with Crippen molar-refractivity contribution in [3.8, 4) is 0 Å². The summed E-state index contributed by atoms with van der Waals surface area (Å²) in [5.74, 6) is -1.12. The van der Waals surface area contributed by atoms with Crippen molar-refractivity contribution < 1.29 is 23.1 Å². The number of hydrogen-bond donors (Lipinski definition) is 4. The van der Waals surface area contributed by atoms with Crippen molar-refractivity contribution in [3.63, 3.8) is 0 Å². The lowest BCUT2D eigenvalue weighted by Crippen LogP contribution is -2.58. The smallest absolute Gasteiger partial charge is 0.318 e. The van der Waals surface area contributed by atoms with Gasteiger partial charge in [0.25, 0.3) is 0 Å². The van der Waals surface area contributed by atoms with Crippen LogP contribution in [0.25, 0.3) is 0 Å². The molecule has 0 radical (unpaired) electrons. The largest absolute Gasteiger partial charge is 0.390 e. The molecule has 0 aliphatic heterocycles. The van der Waals surface area contributed by atoms with Crippen molar-refractivity contribution in [2.75, 3.05) is 13.6 Å². The van der Waals surface area contributed by atoms with Crippen molar-refractivity contribution in [2.24, 2.45) is 17.0 Å². The van der Waals surface area contributed by atoms with Crippen molar-refractivity contribution in [3.05, 3.63) is 101 Å². The van der Waals surface area contributed by atoms with Crippen LogP contribution in [0.15, 0.2) is 89.1 Å². The van der Waals surface area contributed by atoms with Crippen LogP contribution in [-0.4, -0.2) is 72.5 Å². The number of rotatable bonds is 17. The maximum atomic E-state index is 13.7. The molecule has 0 aliphatic carbocycles. The number of pyridine rings is 1. The summed E-state index contributed by atoms with van der Waals surface area (Å²) in [7, 11) is -2.27. The highest BCUT2D eigenvalue weighted by Crippen LogP contribution is 2.21. The Bertz CT molecular complexity index is 1540. The molecule has 3 amide bonds. The van der Waals surface area contributed by atoms with E-state index in [1.807, 2.05) is 50.2 Å². The molecule has 0 fully saturated rings. The van der Waals surface area contributed by atoms with E-state index in [9.17, 15) is 28.0 Å². The number of nitroso groups, excluding NO2 is 1. The third-order valence-electron chi connectivity index (χ3n) is 7.76. The van der Waals surface area contributed by atoms with Gasteiger partial charge in [0.15, 0.2) is 9.84 Å². The van der Waals surface area contributed by atoms with Crippen LogP contribution in [-0.2, 0) is 34.1 Å². The first-order valence-corrected chi connectivity index (χ1v) is 17.2. The molecular weight excluding hydrogens is 620 g/mol. The number of carbonyl (C=O) groups excluding carboxylic acids is 2. The lowest BCUT2D eigenvalue weighted by atomic mass is 9.98. The average molecular weight is 667 g/mol. The highest BCUT2D eigenvalue weighted by molar-refractivity contribution is 7.92. The van der Waals surface area contributed by atoms with Crippen LogP contribution in [0.1, 0.15) is 44.5 Å². The topological polar surface area (TPSA) is 170 Å². The van der Waals surface area contributed by atoms with Gasteiger partial charge in [-0.15, -0.1) is 0 Å². The SMILES string of the molecule is CC(C)C(NC[C@@H](O)[C@H](Cc1ccccc1)NC(=O)[C@@H](NC(=O)N(C)Cc1ccccn1)C(C)C)S(=O)(=O)c1ccc(CN=O)cc1. The van der Waals surface area contributed by atoms with Gasteiger partial charge in [-0.05, 0) is 53.6 Å². The van der Waals surface area contributed by atoms with Gasteiger partial charge in [-0.1, -0.05) is 81.4 Å². The first kappa shape index (κ1) is 37.3. The minimum absolute atomic E-state index is 0.0594. The minimum Gasteiger partial charge on any atom is -0.390 e. The molecule has 0 spiro atoms. The molecule has 4 N–H and O–H groups in total. The predicted molar refractivity (Wildman–Crippen MR) is 181 cm³/mol. The molecule has 47 heavy (non-hydrogen) atoms. The third kappa shape index (κ3) is 10.9. The quantitative estimate of drug-likeness (QED) is 0.158. The molecule has 12 nitrogen and oxygen atoms in total. The number of nitrogens with zero attached hydrogens (tertiary/aromatic N) is 3. The van der Waals surface area contributed by atoms with Gasteiger partial charge in [-0.3, -0.25) is 15.1 Å². The van der Waals surface area contributed by atoms with Crippen LogP contribution < -0.4 is 16.0 Å². The number of benzene rings is 2. The van der Waals surface area contributed by atoms with Gasteiger partial charge < -0.3 is 20.6 Å². The molecule has 1 heterocycles. The van der Waals surface area contributed by atoms with E-state index >= 15 is 0 Å². The van der Waals surface area contributed by atoms with Gasteiger partial charge in [-0.25, -0.2) is 13.2 Å². The molecule has 254 valence electrons. The molecule has 3 rings (SSSR count). The first-order chi connectivity index (χ1) is 22.3. The van der Waals surface area contributed by atoms with Gasteiger partial charge in [0.1, 0.15) is 18.0 Å². The minimum atomic E-state index is -3.88. The van der Waals surface area contributed by atoms with Gasteiger partial charge in [0.2, 0.25) is 5.91 Å². The molecule has 0 saturated heterocycles. The van der Waals surface area contributed by atoms with Crippen LogP contribution >= 0.6 is 0 Å². The van der Waals surface area contributed by atoms with Crippen LogP contribution in [0.3, 0.4) is 0 Å². The number of aromatic nitrogens is 1. The summed E-state index contributed by atoms with van der Waals surface area (Å²) in [4.78, 5) is 43.1. The molecule has 2 aromatic carbocycles. The van der Waals surface area contributed by atoms with E-state index in [0.29, 0.717) is 11.3 Å². The Hall–Kier alpha value is -4.20. The van der Waals surface area contributed by atoms with Gasteiger partial charge in [0.05, 0.1) is 29.3 Å². The third-order valence-corrected chi connectivity index (χ3v) is 10.1. The van der Waals surface area contributed by atoms with E-state index in [-0.39, 0.29) is 42.8 Å². The highest BCUT2D eigenvalue weighted by atomic mass is 32.2. The number of nitrogens with one attached hydrogen (secondary N) is 3. The second-order valence-corrected chi connectivity index (χ2v) is 14.3. The fraction of sp³-hybridized carbons (Fsp3) is 0.441. The van der Waals surface area contributed by atoms with Crippen molar-refractivity contribution in [2.45, 2.75) is 75.7 Å².